The number of halogens is 2. The number of nitrogens with one attached hydrogen (secondary N) is 1. The molecule has 1 N–H and O–H groups in total. The van der Waals surface area contributed by atoms with Gasteiger partial charge in [-0.3, -0.25) is 0 Å². The molecule has 0 aliphatic heterocycles. The van der Waals surface area contributed by atoms with E-state index in [0.717, 1.165) is 22.4 Å². The van der Waals surface area contributed by atoms with Gasteiger partial charge in [0.15, 0.2) is 0 Å². The van der Waals surface area contributed by atoms with Gasteiger partial charge in [0.25, 0.3) is 0 Å². The van der Waals surface area contributed by atoms with Crippen LogP contribution in [-0.2, 0) is 19.7 Å². The third-order valence-electron chi connectivity index (χ3n) is 6.39. The zero-order valence-corrected chi connectivity index (χ0v) is 21.7. The molecule has 1 heterocycles. The Balaban J connectivity index is 1.78. The number of fused-ring (bicyclic) bond motifs is 3. The molecule has 0 saturated heterocycles. The summed E-state index contributed by atoms with van der Waals surface area (Å²) < 4.78 is 69.1. The number of aromatic nitrogens is 1. The van der Waals surface area contributed by atoms with Crippen LogP contribution in [0.1, 0.15) is 11.5 Å². The largest absolute Gasteiger partial charge is 0.355 e. The smallest absolute Gasteiger partial charge is 0.327 e. The van der Waals surface area contributed by atoms with Gasteiger partial charge in [0.05, 0.1) is 15.7 Å². The van der Waals surface area contributed by atoms with Crippen LogP contribution in [0.15, 0.2) is 120 Å². The normalized spacial score (nSPS) is 13.6. The Morgan fingerprint density at radius 3 is 1.86 bits per heavy atom. The quantitative estimate of drug-likeness (QED) is 0.224. The van der Waals surface area contributed by atoms with Crippen LogP contribution in [0.5, 0.6) is 0 Å². The van der Waals surface area contributed by atoms with Crippen LogP contribution in [0.2, 0.25) is 5.02 Å². The zero-order valence-electron chi connectivity index (χ0n) is 19.3. The van der Waals surface area contributed by atoms with E-state index in [1.807, 2.05) is 0 Å². The summed E-state index contributed by atoms with van der Waals surface area (Å²) in [6, 6.07) is 23.5. The summed E-state index contributed by atoms with van der Waals surface area (Å²) in [7, 11) is -10.2. The van der Waals surface area contributed by atoms with E-state index in [0.29, 0.717) is 10.5 Å². The summed E-state index contributed by atoms with van der Waals surface area (Å²) in [6.45, 7) is 3.66. The van der Waals surface area contributed by atoms with Crippen LogP contribution >= 0.6 is 11.6 Å². The molecule has 0 aliphatic rings. The fourth-order valence-corrected chi connectivity index (χ4v) is 9.27. The van der Waals surface area contributed by atoms with E-state index in [2.05, 4.69) is 11.6 Å². The van der Waals surface area contributed by atoms with Crippen molar-refractivity contribution >= 4 is 53.1 Å². The van der Waals surface area contributed by atoms with Crippen molar-refractivity contribution in [1.29, 1.82) is 0 Å². The molecule has 0 radical (unpaired) electrons. The molecular weight excluding hydrogens is 533 g/mol. The minimum atomic E-state index is -5.10. The molecule has 37 heavy (non-hydrogen) atoms. The predicted molar refractivity (Wildman–Crippen MR) is 145 cm³/mol. The molecule has 5 nitrogen and oxygen atoms in total. The lowest BCUT2D eigenvalue weighted by atomic mass is 9.98. The molecule has 0 amide bonds. The molecule has 1 aromatic heterocycles. The minimum absolute atomic E-state index is 0.127. The second kappa shape index (κ2) is 9.13. The first-order chi connectivity index (χ1) is 17.6. The summed E-state index contributed by atoms with van der Waals surface area (Å²) in [4.78, 5) is 2.30. The van der Waals surface area contributed by atoms with Crippen molar-refractivity contribution in [3.8, 4) is 0 Å². The number of aromatic amines is 1. The van der Waals surface area contributed by atoms with E-state index in [4.69, 9.17) is 11.6 Å². The minimum Gasteiger partial charge on any atom is -0.355 e. The molecule has 0 fully saturated rings. The molecule has 0 spiro atoms. The van der Waals surface area contributed by atoms with Gasteiger partial charge in [-0.1, -0.05) is 66.2 Å². The standard InChI is InChI=1S/C28H21ClFNO4S2/c1-2-25(19-13-15-23-24-18-20(29)14-16-26(24)31-27(23)17-19)28(30,36(32,33)21-9-5-3-6-10-21)37(34,35)22-11-7-4-8-12-22/h2-18,25,31H,1H2. The zero-order chi connectivity index (χ0) is 26.4. The SMILES string of the molecule is C=CC(c1ccc2c(c1)[nH]c1ccc(Cl)cc12)C(F)(S(=O)(=O)c1ccccc1)S(=O)(=O)c1ccccc1. The third kappa shape index (κ3) is 3.87. The van der Waals surface area contributed by atoms with Gasteiger partial charge in [-0.25, -0.2) is 21.2 Å². The van der Waals surface area contributed by atoms with Crippen molar-refractivity contribution in [2.45, 2.75) is 20.0 Å². The highest BCUT2D eigenvalue weighted by Gasteiger charge is 2.62. The average molecular weight is 554 g/mol. The van der Waals surface area contributed by atoms with Crippen molar-refractivity contribution in [3.05, 3.63) is 120 Å². The summed E-state index contributed by atoms with van der Waals surface area (Å²) in [5.74, 6) is -1.76. The first-order valence-corrected chi connectivity index (χ1v) is 14.6. The van der Waals surface area contributed by atoms with E-state index < -0.39 is 39.7 Å². The molecule has 4 aromatic carbocycles. The van der Waals surface area contributed by atoms with E-state index in [1.54, 1.807) is 42.5 Å². The van der Waals surface area contributed by atoms with Crippen molar-refractivity contribution < 1.29 is 21.2 Å². The average Bonchev–Trinajstić information content (AvgIpc) is 3.26. The molecular formula is C28H21ClFNO4S2. The number of alkyl halides is 1. The molecule has 9 heteroatoms. The van der Waals surface area contributed by atoms with E-state index in [-0.39, 0.29) is 5.56 Å². The molecule has 0 saturated carbocycles. The van der Waals surface area contributed by atoms with Gasteiger partial charge >= 0.3 is 4.33 Å². The lowest BCUT2D eigenvalue weighted by molar-refractivity contribution is 0.331. The van der Waals surface area contributed by atoms with Crippen molar-refractivity contribution in [3.63, 3.8) is 0 Å². The lowest BCUT2D eigenvalue weighted by Crippen LogP contribution is -2.47. The Kier molecular flexibility index (Phi) is 6.22. The molecule has 0 bridgehead atoms. The Morgan fingerprint density at radius 1 is 0.757 bits per heavy atom. The molecule has 188 valence electrons. The number of hydrogen-bond donors (Lipinski definition) is 1. The second-order valence-corrected chi connectivity index (χ2v) is 13.4. The lowest BCUT2D eigenvalue weighted by Gasteiger charge is -2.31. The van der Waals surface area contributed by atoms with Crippen molar-refractivity contribution in [2.75, 3.05) is 0 Å². The Hall–Kier alpha value is -3.46. The highest BCUT2D eigenvalue weighted by Crippen LogP contribution is 2.48. The van der Waals surface area contributed by atoms with Gasteiger partial charge in [-0.05, 0) is 54.1 Å². The Labute approximate surface area is 219 Å². The predicted octanol–water partition coefficient (Wildman–Crippen LogP) is 6.82. The van der Waals surface area contributed by atoms with E-state index in [1.165, 1.54) is 54.6 Å². The topological polar surface area (TPSA) is 84.1 Å². The highest BCUT2D eigenvalue weighted by molar-refractivity contribution is 8.10. The maximum absolute atomic E-state index is 17.5. The van der Waals surface area contributed by atoms with Crippen LogP contribution in [0.25, 0.3) is 21.8 Å². The van der Waals surface area contributed by atoms with Crippen LogP contribution in [0.4, 0.5) is 4.39 Å². The first kappa shape index (κ1) is 25.2. The van der Waals surface area contributed by atoms with Gasteiger partial charge < -0.3 is 4.98 Å². The van der Waals surface area contributed by atoms with Crippen LogP contribution in [0, 0.1) is 0 Å². The maximum atomic E-state index is 17.5. The summed E-state index contributed by atoms with van der Waals surface area (Å²) in [6.07, 6.45) is 1.03. The molecule has 5 aromatic rings. The molecule has 0 aliphatic carbocycles. The monoisotopic (exact) mass is 553 g/mol. The number of sulfone groups is 2. The third-order valence-corrected chi connectivity index (χ3v) is 11.7. The Bertz CT molecular complexity index is 1780. The number of hydrogen-bond acceptors (Lipinski definition) is 4. The van der Waals surface area contributed by atoms with Gasteiger partial charge in [-0.15, -0.1) is 6.58 Å². The van der Waals surface area contributed by atoms with Crippen LogP contribution in [0.3, 0.4) is 0 Å². The fourth-order valence-electron chi connectivity index (χ4n) is 4.56. The molecule has 5 rings (SSSR count). The molecule has 1 unspecified atom stereocenters. The highest BCUT2D eigenvalue weighted by atomic mass is 35.5. The van der Waals surface area contributed by atoms with Crippen LogP contribution in [-0.4, -0.2) is 26.2 Å². The van der Waals surface area contributed by atoms with Crippen molar-refractivity contribution in [2.24, 2.45) is 0 Å². The molecule has 1 atom stereocenters. The van der Waals surface area contributed by atoms with Crippen molar-refractivity contribution in [1.82, 2.24) is 4.98 Å². The summed E-state index contributed by atoms with van der Waals surface area (Å²) in [5.41, 5.74) is 1.46. The van der Waals surface area contributed by atoms with Gasteiger partial charge in [0, 0.05) is 26.8 Å². The van der Waals surface area contributed by atoms with E-state index >= 15 is 4.39 Å². The second-order valence-electron chi connectivity index (χ2n) is 8.55. The summed E-state index contributed by atoms with van der Waals surface area (Å²) in [5, 5.41) is 2.13. The van der Waals surface area contributed by atoms with Gasteiger partial charge in [-0.2, -0.15) is 0 Å². The fraction of sp³-hybridized carbons (Fsp3) is 0.0714. The van der Waals surface area contributed by atoms with Crippen LogP contribution < -0.4 is 0 Å². The number of rotatable bonds is 7. The maximum Gasteiger partial charge on any atom is 0.327 e. The van der Waals surface area contributed by atoms with E-state index in [9.17, 15) is 16.8 Å². The number of allylic oxidation sites excluding steroid dienone is 1. The first-order valence-electron chi connectivity index (χ1n) is 11.2. The summed E-state index contributed by atoms with van der Waals surface area (Å²) >= 11 is 6.15. The Morgan fingerprint density at radius 2 is 1.32 bits per heavy atom. The van der Waals surface area contributed by atoms with Gasteiger partial charge in [0.1, 0.15) is 0 Å². The number of H-pyrrole nitrogens is 1. The van der Waals surface area contributed by atoms with Gasteiger partial charge in [0.2, 0.25) is 19.7 Å². The number of benzene rings is 4.